The maximum atomic E-state index is 10.7. The number of aliphatic carboxylic acids is 1. The van der Waals surface area contributed by atoms with Gasteiger partial charge in [-0.25, -0.2) is 0 Å². The van der Waals surface area contributed by atoms with Crippen LogP contribution in [0.4, 0.5) is 0 Å². The lowest BCUT2D eigenvalue weighted by Crippen LogP contribution is -2.08. The lowest BCUT2D eigenvalue weighted by atomic mass is 9.99. The van der Waals surface area contributed by atoms with E-state index in [-0.39, 0.29) is 5.92 Å². The Morgan fingerprint density at radius 3 is 1.23 bits per heavy atom. The zero-order chi connectivity index (χ0) is 19.5. The minimum atomic E-state index is -0.647. The van der Waals surface area contributed by atoms with E-state index in [2.05, 4.69) is 13.8 Å². The highest BCUT2D eigenvalue weighted by molar-refractivity contribution is 5.69. The highest BCUT2D eigenvalue weighted by Gasteiger charge is 2.09. The normalized spacial score (nSPS) is 13.7. The number of carboxylic acids is 1. The fourth-order valence-corrected chi connectivity index (χ4v) is 3.57. The molecule has 0 aromatic carbocycles. The summed E-state index contributed by atoms with van der Waals surface area (Å²) in [4.78, 5) is 10.7. The minimum Gasteiger partial charge on any atom is -0.481 e. The largest absolute Gasteiger partial charge is 0.481 e. The lowest BCUT2D eigenvalue weighted by Gasteiger charge is -2.07. The van der Waals surface area contributed by atoms with E-state index in [1.807, 2.05) is 6.92 Å². The topological polar surface area (TPSA) is 37.3 Å². The van der Waals surface area contributed by atoms with Gasteiger partial charge in [0, 0.05) is 0 Å². The van der Waals surface area contributed by atoms with Crippen molar-refractivity contribution in [1.82, 2.24) is 0 Å². The lowest BCUT2D eigenvalue weighted by molar-refractivity contribution is -0.141. The summed E-state index contributed by atoms with van der Waals surface area (Å²) in [5.74, 6) is 0.113. The van der Waals surface area contributed by atoms with Crippen LogP contribution in [-0.2, 0) is 4.79 Å². The van der Waals surface area contributed by atoms with Crippen LogP contribution in [-0.4, -0.2) is 11.1 Å². The molecule has 0 heterocycles. The Hall–Kier alpha value is -0.530. The fourth-order valence-electron chi connectivity index (χ4n) is 3.57. The van der Waals surface area contributed by atoms with Crippen LogP contribution in [0, 0.1) is 11.8 Å². The van der Waals surface area contributed by atoms with E-state index in [9.17, 15) is 4.79 Å². The molecule has 0 fully saturated rings. The zero-order valence-corrected chi connectivity index (χ0v) is 18.2. The van der Waals surface area contributed by atoms with Gasteiger partial charge in [-0.2, -0.15) is 0 Å². The van der Waals surface area contributed by atoms with Crippen molar-refractivity contribution in [3.8, 4) is 0 Å². The molecule has 0 radical (unpaired) electrons. The van der Waals surface area contributed by atoms with E-state index in [0.29, 0.717) is 0 Å². The number of hydrogen-bond donors (Lipinski definition) is 1. The van der Waals surface area contributed by atoms with Gasteiger partial charge in [-0.3, -0.25) is 4.79 Å². The first-order valence-electron chi connectivity index (χ1n) is 11.8. The van der Waals surface area contributed by atoms with Gasteiger partial charge in [0.2, 0.25) is 0 Å². The molecule has 0 bridgehead atoms. The van der Waals surface area contributed by atoms with E-state index in [4.69, 9.17) is 5.11 Å². The van der Waals surface area contributed by atoms with Crippen molar-refractivity contribution < 1.29 is 9.90 Å². The van der Waals surface area contributed by atoms with E-state index in [0.717, 1.165) is 18.8 Å². The third kappa shape index (κ3) is 18.3. The number of hydrogen-bond acceptors (Lipinski definition) is 1. The summed E-state index contributed by atoms with van der Waals surface area (Å²) in [5, 5.41) is 8.83. The second kappa shape index (κ2) is 19.2. The second-order valence-electron chi connectivity index (χ2n) is 8.63. The summed E-state index contributed by atoms with van der Waals surface area (Å²) in [6.07, 6.45) is 24.2. The highest BCUT2D eigenvalue weighted by atomic mass is 16.4. The van der Waals surface area contributed by atoms with Crippen molar-refractivity contribution in [1.29, 1.82) is 0 Å². The molecule has 1 N–H and O–H groups in total. The number of carbonyl (C=O) groups is 1. The summed E-state index contributed by atoms with van der Waals surface area (Å²) >= 11 is 0. The predicted molar refractivity (Wildman–Crippen MR) is 115 cm³/mol. The maximum Gasteiger partial charge on any atom is 0.306 e. The van der Waals surface area contributed by atoms with Crippen molar-refractivity contribution in [3.05, 3.63) is 0 Å². The Kier molecular flexibility index (Phi) is 18.8. The van der Waals surface area contributed by atoms with Crippen molar-refractivity contribution in [2.75, 3.05) is 0 Å². The van der Waals surface area contributed by atoms with Gasteiger partial charge in [0.25, 0.3) is 0 Å². The van der Waals surface area contributed by atoms with Crippen molar-refractivity contribution >= 4 is 5.97 Å². The van der Waals surface area contributed by atoms with Gasteiger partial charge in [-0.05, 0) is 12.3 Å². The van der Waals surface area contributed by atoms with E-state index in [1.165, 1.54) is 103 Å². The molecule has 0 spiro atoms. The molecule has 0 saturated heterocycles. The predicted octanol–water partition coefficient (Wildman–Crippen LogP) is 8.38. The first-order chi connectivity index (χ1) is 12.6. The molecule has 0 aliphatic rings. The summed E-state index contributed by atoms with van der Waals surface area (Å²) in [6.45, 7) is 6.50. The second-order valence-corrected chi connectivity index (χ2v) is 8.63. The average molecular weight is 369 g/mol. The molecule has 0 aromatic rings. The quantitative estimate of drug-likeness (QED) is 0.219. The summed E-state index contributed by atoms with van der Waals surface area (Å²) in [6, 6.07) is 0. The van der Waals surface area contributed by atoms with Crippen LogP contribution in [0.5, 0.6) is 0 Å². The molecule has 0 aromatic heterocycles. The Bertz CT molecular complexity index is 301. The van der Waals surface area contributed by atoms with Crippen LogP contribution in [0.25, 0.3) is 0 Å². The molecule has 156 valence electrons. The highest BCUT2D eigenvalue weighted by Crippen LogP contribution is 2.16. The van der Waals surface area contributed by atoms with Crippen molar-refractivity contribution in [2.24, 2.45) is 11.8 Å². The SMILES string of the molecule is CCC(C)CCCCCCCCCCCCCCCCCC(C)C(=O)O. The molecule has 2 atom stereocenters. The van der Waals surface area contributed by atoms with Crippen LogP contribution >= 0.6 is 0 Å². The van der Waals surface area contributed by atoms with Crippen LogP contribution in [0.2, 0.25) is 0 Å². The zero-order valence-electron chi connectivity index (χ0n) is 18.2. The molecular weight excluding hydrogens is 320 g/mol. The molecule has 26 heavy (non-hydrogen) atoms. The van der Waals surface area contributed by atoms with E-state index < -0.39 is 5.97 Å². The summed E-state index contributed by atoms with van der Waals surface area (Å²) in [5.41, 5.74) is 0. The van der Waals surface area contributed by atoms with Gasteiger partial charge in [0.1, 0.15) is 0 Å². The first kappa shape index (κ1) is 25.5. The van der Waals surface area contributed by atoms with Gasteiger partial charge in [-0.15, -0.1) is 0 Å². The van der Waals surface area contributed by atoms with Gasteiger partial charge < -0.3 is 5.11 Å². The molecule has 0 saturated carbocycles. The third-order valence-electron chi connectivity index (χ3n) is 5.95. The molecule has 2 nitrogen and oxygen atoms in total. The number of unbranched alkanes of at least 4 members (excludes halogenated alkanes) is 14. The minimum absolute atomic E-state index is 0.167. The van der Waals surface area contributed by atoms with Crippen LogP contribution < -0.4 is 0 Å². The number of carboxylic acid groups (broad SMARTS) is 1. The smallest absolute Gasteiger partial charge is 0.306 e. The number of rotatable bonds is 20. The third-order valence-corrected chi connectivity index (χ3v) is 5.95. The Labute approximate surface area is 164 Å². The Morgan fingerprint density at radius 2 is 0.923 bits per heavy atom. The molecule has 0 amide bonds. The molecule has 0 aliphatic heterocycles. The molecule has 2 unspecified atom stereocenters. The molecule has 0 aliphatic carbocycles. The molecule has 2 heteroatoms. The first-order valence-corrected chi connectivity index (χ1v) is 11.8. The van der Waals surface area contributed by atoms with Crippen LogP contribution in [0.15, 0.2) is 0 Å². The van der Waals surface area contributed by atoms with Crippen LogP contribution in [0.3, 0.4) is 0 Å². The van der Waals surface area contributed by atoms with E-state index in [1.54, 1.807) is 0 Å². The van der Waals surface area contributed by atoms with Crippen molar-refractivity contribution in [3.63, 3.8) is 0 Å². The maximum absolute atomic E-state index is 10.7. The van der Waals surface area contributed by atoms with Gasteiger partial charge >= 0.3 is 5.97 Å². The van der Waals surface area contributed by atoms with Gasteiger partial charge in [-0.1, -0.05) is 130 Å². The van der Waals surface area contributed by atoms with Gasteiger partial charge in [0.05, 0.1) is 5.92 Å². The Balaban J connectivity index is 3.08. The summed E-state index contributed by atoms with van der Waals surface area (Å²) in [7, 11) is 0. The summed E-state index contributed by atoms with van der Waals surface area (Å²) < 4.78 is 0. The Morgan fingerprint density at radius 1 is 0.615 bits per heavy atom. The monoisotopic (exact) mass is 368 g/mol. The average Bonchev–Trinajstić information content (AvgIpc) is 2.63. The van der Waals surface area contributed by atoms with Crippen LogP contribution in [0.1, 0.15) is 136 Å². The molecular formula is C24H48O2. The standard InChI is InChI=1S/C24H48O2/c1-4-22(2)20-18-16-14-12-10-8-6-5-7-9-11-13-15-17-19-21-23(3)24(25)26/h22-23H,4-21H2,1-3H3,(H,25,26). The van der Waals surface area contributed by atoms with Crippen molar-refractivity contribution in [2.45, 2.75) is 136 Å². The van der Waals surface area contributed by atoms with E-state index >= 15 is 0 Å². The molecule has 0 rings (SSSR count). The van der Waals surface area contributed by atoms with Gasteiger partial charge in [0.15, 0.2) is 0 Å². The fraction of sp³-hybridized carbons (Fsp3) is 0.958.